The van der Waals surface area contributed by atoms with Crippen LogP contribution in [0.5, 0.6) is 0 Å². The molecule has 0 radical (unpaired) electrons. The van der Waals surface area contributed by atoms with Crippen molar-refractivity contribution in [1.82, 2.24) is 20.2 Å². The van der Waals surface area contributed by atoms with Crippen LogP contribution in [0.2, 0.25) is 0 Å². The molecule has 1 heterocycles. The maximum atomic E-state index is 12.4. The highest BCUT2D eigenvalue weighted by Crippen LogP contribution is 2.36. The van der Waals surface area contributed by atoms with Crippen LogP contribution in [0.15, 0.2) is 59.5 Å². The lowest BCUT2D eigenvalue weighted by atomic mass is 10.2. The van der Waals surface area contributed by atoms with E-state index in [1.54, 1.807) is 53.2 Å². The molecular formula is C16H15N5O2S. The van der Waals surface area contributed by atoms with Gasteiger partial charge in [0.25, 0.3) is 10.0 Å². The lowest BCUT2D eigenvalue weighted by Crippen LogP contribution is -2.12. The summed E-state index contributed by atoms with van der Waals surface area (Å²) in [4.78, 5) is 0.221. The van der Waals surface area contributed by atoms with Gasteiger partial charge in [0.2, 0.25) is 0 Å². The van der Waals surface area contributed by atoms with E-state index in [4.69, 9.17) is 0 Å². The quantitative estimate of drug-likeness (QED) is 0.770. The Hall–Kier alpha value is -2.74. The van der Waals surface area contributed by atoms with Crippen LogP contribution in [0.3, 0.4) is 0 Å². The summed E-state index contributed by atoms with van der Waals surface area (Å²) in [7, 11) is -3.62. The van der Waals surface area contributed by atoms with Crippen molar-refractivity contribution >= 4 is 15.7 Å². The Labute approximate surface area is 139 Å². The SMILES string of the molecule is O=S(=O)(Nc1cccc(-c2nnnn2C2CC2)c1)c1ccccc1. The summed E-state index contributed by atoms with van der Waals surface area (Å²) in [5, 5.41) is 11.8. The summed E-state index contributed by atoms with van der Waals surface area (Å²) in [5.74, 6) is 0.651. The minimum absolute atomic E-state index is 0.221. The van der Waals surface area contributed by atoms with E-state index in [1.165, 1.54) is 0 Å². The van der Waals surface area contributed by atoms with Crippen molar-refractivity contribution < 1.29 is 8.42 Å². The van der Waals surface area contributed by atoms with Gasteiger partial charge in [-0.1, -0.05) is 30.3 Å². The fraction of sp³-hybridized carbons (Fsp3) is 0.188. The average Bonchev–Trinajstić information content (AvgIpc) is 3.32. The molecule has 0 spiro atoms. The Morgan fingerprint density at radius 2 is 1.83 bits per heavy atom. The maximum Gasteiger partial charge on any atom is 0.261 e. The number of hydrogen-bond donors (Lipinski definition) is 1. The first-order valence-corrected chi connectivity index (χ1v) is 9.08. The van der Waals surface area contributed by atoms with Gasteiger partial charge in [-0.3, -0.25) is 4.72 Å². The summed E-state index contributed by atoms with van der Waals surface area (Å²) in [6.45, 7) is 0. The molecule has 1 aliphatic carbocycles. The monoisotopic (exact) mass is 341 g/mol. The summed E-state index contributed by atoms with van der Waals surface area (Å²) in [5.41, 5.74) is 1.25. The van der Waals surface area contributed by atoms with Crippen molar-refractivity contribution in [2.45, 2.75) is 23.8 Å². The van der Waals surface area contributed by atoms with Gasteiger partial charge in [-0.15, -0.1) is 5.10 Å². The van der Waals surface area contributed by atoms with E-state index >= 15 is 0 Å². The van der Waals surface area contributed by atoms with E-state index < -0.39 is 10.0 Å². The van der Waals surface area contributed by atoms with Crippen LogP contribution >= 0.6 is 0 Å². The molecule has 0 saturated heterocycles. The second-order valence-electron chi connectivity index (χ2n) is 5.68. The van der Waals surface area contributed by atoms with Crippen LogP contribution in [-0.4, -0.2) is 28.6 Å². The molecule has 2 aromatic carbocycles. The number of nitrogens with one attached hydrogen (secondary N) is 1. The first kappa shape index (κ1) is 14.8. The van der Waals surface area contributed by atoms with Gasteiger partial charge in [-0.05, 0) is 47.5 Å². The standard InChI is InChI=1S/C16H15N5O2S/c22-24(23,15-7-2-1-3-8-15)18-13-6-4-5-12(11-13)16-17-19-20-21(16)14-9-10-14/h1-8,11,14,18H,9-10H2. The number of anilines is 1. The summed E-state index contributed by atoms with van der Waals surface area (Å²) in [6.07, 6.45) is 2.14. The van der Waals surface area contributed by atoms with Crippen molar-refractivity contribution in [2.24, 2.45) is 0 Å². The molecule has 1 N–H and O–H groups in total. The predicted molar refractivity (Wildman–Crippen MR) is 88.8 cm³/mol. The van der Waals surface area contributed by atoms with Gasteiger partial charge in [0, 0.05) is 11.3 Å². The highest BCUT2D eigenvalue weighted by molar-refractivity contribution is 7.92. The van der Waals surface area contributed by atoms with E-state index in [0.717, 1.165) is 18.4 Å². The van der Waals surface area contributed by atoms with Crippen LogP contribution in [-0.2, 0) is 10.0 Å². The zero-order valence-electron chi connectivity index (χ0n) is 12.7. The normalized spacial score (nSPS) is 14.5. The highest BCUT2D eigenvalue weighted by atomic mass is 32.2. The maximum absolute atomic E-state index is 12.4. The molecule has 1 fully saturated rings. The minimum Gasteiger partial charge on any atom is -0.280 e. The Bertz CT molecular complexity index is 965. The molecule has 0 bridgehead atoms. The average molecular weight is 341 g/mol. The Morgan fingerprint density at radius 1 is 1.04 bits per heavy atom. The van der Waals surface area contributed by atoms with Crippen molar-refractivity contribution in [3.8, 4) is 11.4 Å². The molecule has 0 aliphatic heterocycles. The molecule has 1 aromatic heterocycles. The molecule has 0 unspecified atom stereocenters. The predicted octanol–water partition coefficient (Wildman–Crippen LogP) is 2.48. The molecule has 1 aliphatic rings. The van der Waals surface area contributed by atoms with Gasteiger partial charge in [0.05, 0.1) is 10.9 Å². The number of nitrogens with zero attached hydrogens (tertiary/aromatic N) is 4. The largest absolute Gasteiger partial charge is 0.280 e. The lowest BCUT2D eigenvalue weighted by Gasteiger charge is -2.09. The van der Waals surface area contributed by atoms with E-state index in [2.05, 4.69) is 20.2 Å². The number of hydrogen-bond acceptors (Lipinski definition) is 5. The molecule has 0 atom stereocenters. The van der Waals surface area contributed by atoms with Crippen LogP contribution in [0, 0.1) is 0 Å². The second-order valence-corrected chi connectivity index (χ2v) is 7.36. The molecular weight excluding hydrogens is 326 g/mol. The number of aromatic nitrogens is 4. The number of sulfonamides is 1. The van der Waals surface area contributed by atoms with Gasteiger partial charge < -0.3 is 0 Å². The summed E-state index contributed by atoms with van der Waals surface area (Å²) >= 11 is 0. The van der Waals surface area contributed by atoms with Gasteiger partial charge in [0.15, 0.2) is 5.82 Å². The van der Waals surface area contributed by atoms with E-state index in [0.29, 0.717) is 17.6 Å². The summed E-state index contributed by atoms with van der Waals surface area (Å²) < 4.78 is 29.2. The topological polar surface area (TPSA) is 89.8 Å². The Kier molecular flexibility index (Phi) is 3.53. The third-order valence-electron chi connectivity index (χ3n) is 3.81. The molecule has 8 heteroatoms. The van der Waals surface area contributed by atoms with Crippen molar-refractivity contribution in [3.05, 3.63) is 54.6 Å². The third-order valence-corrected chi connectivity index (χ3v) is 5.21. The van der Waals surface area contributed by atoms with Crippen molar-refractivity contribution in [1.29, 1.82) is 0 Å². The zero-order chi connectivity index (χ0) is 16.6. The fourth-order valence-electron chi connectivity index (χ4n) is 2.48. The van der Waals surface area contributed by atoms with E-state index in [9.17, 15) is 8.42 Å². The van der Waals surface area contributed by atoms with Crippen molar-refractivity contribution in [3.63, 3.8) is 0 Å². The molecule has 4 rings (SSSR count). The highest BCUT2D eigenvalue weighted by Gasteiger charge is 2.28. The van der Waals surface area contributed by atoms with Gasteiger partial charge in [-0.2, -0.15) is 0 Å². The molecule has 0 amide bonds. The smallest absolute Gasteiger partial charge is 0.261 e. The first-order chi connectivity index (χ1) is 11.6. The van der Waals surface area contributed by atoms with E-state index in [-0.39, 0.29) is 4.90 Å². The van der Waals surface area contributed by atoms with Crippen molar-refractivity contribution in [2.75, 3.05) is 4.72 Å². The van der Waals surface area contributed by atoms with Crippen LogP contribution in [0.1, 0.15) is 18.9 Å². The minimum atomic E-state index is -3.62. The molecule has 1 saturated carbocycles. The third kappa shape index (κ3) is 2.88. The van der Waals surface area contributed by atoms with Gasteiger partial charge in [0.1, 0.15) is 0 Å². The number of benzene rings is 2. The van der Waals surface area contributed by atoms with Gasteiger partial charge in [-0.25, -0.2) is 13.1 Å². The lowest BCUT2D eigenvalue weighted by molar-refractivity contribution is 0.601. The zero-order valence-corrected chi connectivity index (χ0v) is 13.5. The van der Waals surface area contributed by atoms with Crippen LogP contribution in [0.25, 0.3) is 11.4 Å². The van der Waals surface area contributed by atoms with E-state index in [1.807, 2.05) is 6.07 Å². The summed E-state index contributed by atoms with van der Waals surface area (Å²) in [6, 6.07) is 15.7. The Balaban J connectivity index is 1.65. The first-order valence-electron chi connectivity index (χ1n) is 7.60. The van der Waals surface area contributed by atoms with Crippen LogP contribution < -0.4 is 4.72 Å². The molecule has 24 heavy (non-hydrogen) atoms. The second kappa shape index (κ2) is 5.72. The van der Waals surface area contributed by atoms with Gasteiger partial charge >= 0.3 is 0 Å². The molecule has 122 valence electrons. The number of rotatable bonds is 5. The number of tetrazole rings is 1. The molecule has 7 nitrogen and oxygen atoms in total. The Morgan fingerprint density at radius 3 is 2.58 bits per heavy atom. The molecule has 3 aromatic rings. The fourth-order valence-corrected chi connectivity index (χ4v) is 3.55. The van der Waals surface area contributed by atoms with Crippen LogP contribution in [0.4, 0.5) is 5.69 Å².